The Labute approximate surface area is 132 Å². The average Bonchev–Trinajstić information content (AvgIpc) is 2.76. The number of carbonyl (C=O) groups is 1. The molecule has 5 heteroatoms. The van der Waals surface area contributed by atoms with E-state index < -0.39 is 5.97 Å². The van der Waals surface area contributed by atoms with Crippen molar-refractivity contribution in [3.8, 4) is 0 Å². The monoisotopic (exact) mass is 312 g/mol. The van der Waals surface area contributed by atoms with E-state index in [2.05, 4.69) is 42.0 Å². The van der Waals surface area contributed by atoms with E-state index in [1.165, 1.54) is 16.9 Å². The molecule has 1 aliphatic heterocycles. The second-order valence-electron chi connectivity index (χ2n) is 5.37. The fourth-order valence-corrected chi connectivity index (χ4v) is 3.69. The van der Waals surface area contributed by atoms with Crippen LogP contribution in [-0.4, -0.2) is 16.9 Å². The van der Waals surface area contributed by atoms with Crippen molar-refractivity contribution in [3.63, 3.8) is 0 Å². The largest absolute Gasteiger partial charge is 0.477 e. The second kappa shape index (κ2) is 5.42. The Kier molecular flexibility index (Phi) is 3.58. The molecule has 0 saturated carbocycles. The van der Waals surface area contributed by atoms with E-state index in [-0.39, 0.29) is 0 Å². The van der Waals surface area contributed by atoms with Crippen LogP contribution in [-0.2, 0) is 6.42 Å². The lowest BCUT2D eigenvalue weighted by molar-refractivity contribution is 0.0701. The van der Waals surface area contributed by atoms with Crippen molar-refractivity contribution < 1.29 is 9.90 Å². The van der Waals surface area contributed by atoms with Crippen molar-refractivity contribution in [1.82, 2.24) is 5.32 Å². The summed E-state index contributed by atoms with van der Waals surface area (Å²) >= 11 is 1.20. The van der Waals surface area contributed by atoms with Crippen LogP contribution < -0.4 is 5.32 Å². The number of aliphatic imine (C=N–C) groups is 1. The van der Waals surface area contributed by atoms with Gasteiger partial charge in [0.1, 0.15) is 15.7 Å². The standard InChI is InChI=1S/C17H16N2O2S/c1-9-5-4-6-12(7-9)8-13-18-11(3)14-10(2)15(17(20)21)22-16(14)19-13/h4-7H,3,8H2,1-2H3,(H,18,19)(H,20,21). The molecule has 0 aliphatic carbocycles. The number of fused-ring (bicyclic) bond motifs is 1. The van der Waals surface area contributed by atoms with E-state index in [0.717, 1.165) is 27.5 Å². The molecule has 1 aromatic carbocycles. The molecule has 1 aliphatic rings. The van der Waals surface area contributed by atoms with E-state index in [4.69, 9.17) is 0 Å². The topological polar surface area (TPSA) is 61.7 Å². The third-order valence-electron chi connectivity index (χ3n) is 3.61. The van der Waals surface area contributed by atoms with Crippen molar-refractivity contribution in [3.05, 3.63) is 58.0 Å². The first-order valence-corrected chi connectivity index (χ1v) is 7.73. The van der Waals surface area contributed by atoms with Crippen molar-refractivity contribution in [1.29, 1.82) is 0 Å². The highest BCUT2D eigenvalue weighted by Crippen LogP contribution is 2.40. The van der Waals surface area contributed by atoms with Crippen molar-refractivity contribution in [2.75, 3.05) is 0 Å². The number of aromatic carboxylic acids is 1. The Morgan fingerprint density at radius 2 is 2.18 bits per heavy atom. The van der Waals surface area contributed by atoms with Gasteiger partial charge in [0.15, 0.2) is 0 Å². The molecule has 0 atom stereocenters. The highest BCUT2D eigenvalue weighted by molar-refractivity contribution is 7.18. The van der Waals surface area contributed by atoms with Crippen LogP contribution >= 0.6 is 11.3 Å². The number of hydrogen-bond donors (Lipinski definition) is 2. The van der Waals surface area contributed by atoms with E-state index >= 15 is 0 Å². The molecule has 2 N–H and O–H groups in total. The lowest BCUT2D eigenvalue weighted by Gasteiger charge is -2.18. The summed E-state index contributed by atoms with van der Waals surface area (Å²) in [5, 5.41) is 13.2. The number of thiophene rings is 1. The van der Waals surface area contributed by atoms with Gasteiger partial charge >= 0.3 is 5.97 Å². The summed E-state index contributed by atoms with van der Waals surface area (Å²) in [4.78, 5) is 16.2. The zero-order valence-electron chi connectivity index (χ0n) is 12.4. The Morgan fingerprint density at radius 3 is 2.86 bits per heavy atom. The number of rotatable bonds is 3. The number of carboxylic acids is 1. The van der Waals surface area contributed by atoms with Gasteiger partial charge in [-0.25, -0.2) is 9.79 Å². The highest BCUT2D eigenvalue weighted by atomic mass is 32.1. The molecule has 0 bridgehead atoms. The van der Waals surface area contributed by atoms with Crippen LogP contribution in [0.1, 0.15) is 31.9 Å². The van der Waals surface area contributed by atoms with Crippen molar-refractivity contribution >= 4 is 33.8 Å². The van der Waals surface area contributed by atoms with Gasteiger partial charge in [-0.1, -0.05) is 36.4 Å². The SMILES string of the molecule is C=C1NC(Cc2cccc(C)c2)=Nc2sc(C(=O)O)c(C)c21. The first-order chi connectivity index (χ1) is 10.5. The van der Waals surface area contributed by atoms with Gasteiger partial charge in [0, 0.05) is 17.7 Å². The zero-order valence-corrected chi connectivity index (χ0v) is 13.3. The fourth-order valence-electron chi connectivity index (χ4n) is 2.62. The molecule has 0 spiro atoms. The second-order valence-corrected chi connectivity index (χ2v) is 6.37. The molecular weight excluding hydrogens is 296 g/mol. The molecule has 3 rings (SSSR count). The highest BCUT2D eigenvalue weighted by Gasteiger charge is 2.25. The van der Waals surface area contributed by atoms with Crippen LogP contribution in [0.3, 0.4) is 0 Å². The Balaban J connectivity index is 1.97. The summed E-state index contributed by atoms with van der Waals surface area (Å²) in [6, 6.07) is 8.24. The lowest BCUT2D eigenvalue weighted by atomic mass is 10.1. The molecule has 4 nitrogen and oxygen atoms in total. The third kappa shape index (κ3) is 2.55. The van der Waals surface area contributed by atoms with Gasteiger partial charge in [0.05, 0.1) is 0 Å². The van der Waals surface area contributed by atoms with Crippen LogP contribution in [0.25, 0.3) is 5.70 Å². The molecule has 0 fully saturated rings. The first kappa shape index (κ1) is 14.5. The van der Waals surface area contributed by atoms with E-state index in [9.17, 15) is 9.90 Å². The van der Waals surface area contributed by atoms with E-state index in [1.807, 2.05) is 6.07 Å². The van der Waals surface area contributed by atoms with Crippen LogP contribution in [0.2, 0.25) is 0 Å². The number of hydrogen-bond acceptors (Lipinski definition) is 4. The maximum absolute atomic E-state index is 11.3. The molecule has 0 unspecified atom stereocenters. The summed E-state index contributed by atoms with van der Waals surface area (Å²) < 4.78 is 0. The normalized spacial score (nSPS) is 13.4. The van der Waals surface area contributed by atoms with Gasteiger partial charge in [-0.15, -0.1) is 11.3 Å². The Morgan fingerprint density at radius 1 is 1.41 bits per heavy atom. The number of aryl methyl sites for hydroxylation is 1. The minimum absolute atomic E-state index is 0.327. The Bertz CT molecular complexity index is 818. The predicted molar refractivity (Wildman–Crippen MR) is 90.2 cm³/mol. The lowest BCUT2D eigenvalue weighted by Crippen LogP contribution is -2.26. The molecule has 0 radical (unpaired) electrons. The van der Waals surface area contributed by atoms with Crippen LogP contribution in [0.15, 0.2) is 35.8 Å². The summed E-state index contributed by atoms with van der Waals surface area (Å²) in [6.45, 7) is 7.87. The predicted octanol–water partition coefficient (Wildman–Crippen LogP) is 3.91. The summed E-state index contributed by atoms with van der Waals surface area (Å²) in [5.41, 5.74) is 4.62. The molecule has 112 valence electrons. The maximum Gasteiger partial charge on any atom is 0.346 e. The number of nitrogens with one attached hydrogen (secondary N) is 1. The number of carboxylic acid groups (broad SMARTS) is 1. The molecular formula is C17H16N2O2S. The van der Waals surface area contributed by atoms with Gasteiger partial charge in [0.25, 0.3) is 0 Å². The van der Waals surface area contributed by atoms with Gasteiger partial charge in [-0.2, -0.15) is 0 Å². The number of amidine groups is 1. The molecule has 2 heterocycles. The minimum Gasteiger partial charge on any atom is -0.477 e. The van der Waals surface area contributed by atoms with Crippen molar-refractivity contribution in [2.45, 2.75) is 20.3 Å². The zero-order chi connectivity index (χ0) is 15.9. The molecule has 1 aromatic heterocycles. The molecule has 0 amide bonds. The van der Waals surface area contributed by atoms with Gasteiger partial charge < -0.3 is 10.4 Å². The smallest absolute Gasteiger partial charge is 0.346 e. The van der Waals surface area contributed by atoms with E-state index in [0.29, 0.717) is 17.0 Å². The van der Waals surface area contributed by atoms with E-state index in [1.54, 1.807) is 6.92 Å². The molecule has 0 saturated heterocycles. The number of nitrogens with zero attached hydrogens (tertiary/aromatic N) is 1. The summed E-state index contributed by atoms with van der Waals surface area (Å²) in [7, 11) is 0. The Hall–Kier alpha value is -2.40. The van der Waals surface area contributed by atoms with Gasteiger partial charge in [0.2, 0.25) is 0 Å². The molecule has 2 aromatic rings. The van der Waals surface area contributed by atoms with Crippen LogP contribution in [0.4, 0.5) is 5.00 Å². The van der Waals surface area contributed by atoms with Gasteiger partial charge in [-0.3, -0.25) is 0 Å². The van der Waals surface area contributed by atoms with Gasteiger partial charge in [-0.05, 0) is 25.0 Å². The summed E-state index contributed by atoms with van der Waals surface area (Å²) in [5.74, 6) is -0.124. The number of benzene rings is 1. The van der Waals surface area contributed by atoms with Crippen molar-refractivity contribution in [2.24, 2.45) is 4.99 Å². The third-order valence-corrected chi connectivity index (χ3v) is 4.78. The average molecular weight is 312 g/mol. The minimum atomic E-state index is -0.917. The first-order valence-electron chi connectivity index (χ1n) is 6.92. The van der Waals surface area contributed by atoms with Crippen LogP contribution in [0, 0.1) is 13.8 Å². The molecule has 22 heavy (non-hydrogen) atoms. The summed E-state index contributed by atoms with van der Waals surface area (Å²) in [6.07, 6.45) is 0.666. The fraction of sp³-hybridized carbons (Fsp3) is 0.176. The van der Waals surface area contributed by atoms with Crippen LogP contribution in [0.5, 0.6) is 0 Å². The maximum atomic E-state index is 11.3. The quantitative estimate of drug-likeness (QED) is 0.903.